The molecule has 4 aromatic carbocycles. The van der Waals surface area contributed by atoms with E-state index in [1.165, 1.54) is 6.42 Å². The maximum absolute atomic E-state index is 12.9. The summed E-state index contributed by atoms with van der Waals surface area (Å²) in [6.45, 7) is 6.24. The number of ether oxygens (including phenoxy) is 1. The molecule has 2 fully saturated rings. The minimum absolute atomic E-state index is 0.0857. The van der Waals surface area contributed by atoms with Crippen LogP contribution in [0.2, 0.25) is 0 Å². The van der Waals surface area contributed by atoms with Crippen LogP contribution in [0, 0.1) is 0 Å². The van der Waals surface area contributed by atoms with E-state index >= 15 is 0 Å². The van der Waals surface area contributed by atoms with E-state index in [-0.39, 0.29) is 23.3 Å². The Labute approximate surface area is 299 Å². The molecule has 11 heteroatoms. The van der Waals surface area contributed by atoms with Crippen LogP contribution in [0.5, 0.6) is 11.8 Å². The van der Waals surface area contributed by atoms with Crippen LogP contribution in [0.1, 0.15) is 38.3 Å². The van der Waals surface area contributed by atoms with Crippen molar-refractivity contribution in [1.82, 2.24) is 18.9 Å². The van der Waals surface area contributed by atoms with Gasteiger partial charge >= 0.3 is 0 Å². The number of rotatable bonds is 6. The smallest absolute Gasteiger partial charge is 0.214 e. The van der Waals surface area contributed by atoms with Gasteiger partial charge in [0.2, 0.25) is 23.3 Å². The first kappa shape index (κ1) is 32.1. The van der Waals surface area contributed by atoms with Crippen molar-refractivity contribution in [2.24, 2.45) is 9.98 Å². The fourth-order valence-corrected chi connectivity index (χ4v) is 7.46. The summed E-state index contributed by atoms with van der Waals surface area (Å²) in [5, 5.41) is 23.7. The Bertz CT molecular complexity index is 2460. The van der Waals surface area contributed by atoms with Crippen molar-refractivity contribution in [3.05, 3.63) is 119 Å². The Hall–Kier alpha value is -5.88. The highest BCUT2D eigenvalue weighted by atomic mass is 16.5. The van der Waals surface area contributed by atoms with Crippen molar-refractivity contribution < 1.29 is 24.5 Å². The number of hydrogen-bond donors (Lipinski definition) is 2. The summed E-state index contributed by atoms with van der Waals surface area (Å²) in [7, 11) is 0. The second kappa shape index (κ2) is 13.0. The minimum atomic E-state index is -0.143. The molecule has 4 aliphatic heterocycles. The van der Waals surface area contributed by atoms with E-state index in [0.29, 0.717) is 71.6 Å². The molecule has 10 rings (SSSR count). The number of hydrogen-bond acceptors (Lipinski definition) is 9. The molecule has 0 bridgehead atoms. The van der Waals surface area contributed by atoms with Gasteiger partial charge < -0.3 is 14.9 Å². The van der Waals surface area contributed by atoms with Gasteiger partial charge in [-0.25, -0.2) is 9.98 Å². The Morgan fingerprint density at radius 2 is 0.981 bits per heavy atom. The van der Waals surface area contributed by atoms with Gasteiger partial charge in [0.25, 0.3) is 0 Å². The van der Waals surface area contributed by atoms with Gasteiger partial charge in [-0.3, -0.25) is 28.5 Å². The van der Waals surface area contributed by atoms with Crippen LogP contribution in [0.25, 0.3) is 21.8 Å². The number of morpholine rings is 1. The molecule has 2 saturated heterocycles. The lowest BCUT2D eigenvalue weighted by molar-refractivity contribution is 0.0231. The fraction of sp³-hybridized carbons (Fsp3) is 0.220. The van der Waals surface area contributed by atoms with Crippen LogP contribution in [-0.4, -0.2) is 91.5 Å². The predicted octanol–water partition coefficient (Wildman–Crippen LogP) is 6.28. The highest BCUT2D eigenvalue weighted by Gasteiger charge is 2.33. The first-order valence-electron chi connectivity index (χ1n) is 17.6. The lowest BCUT2D eigenvalue weighted by atomic mass is 10.0. The molecule has 0 aliphatic carbocycles. The van der Waals surface area contributed by atoms with Gasteiger partial charge in [-0.05, 0) is 42.8 Å². The summed E-state index contributed by atoms with van der Waals surface area (Å²) in [5.41, 5.74) is 6.01. The fourth-order valence-electron chi connectivity index (χ4n) is 7.46. The third-order valence-corrected chi connectivity index (χ3v) is 10.3. The number of aromatic hydroxyl groups is 2. The Balaban J connectivity index is 0.000000139. The molecule has 0 radical (unpaired) electrons. The standard InChI is InChI=1S/C21H19N3O3.C20H17N3O2/c25-20-14-5-1-3-7-16(14)22-19(20)18-15-6-2-4-8-17(15)24(21(18)26)13-23-9-11-27-12-10-23;24-19-13-6-1-3-8-15(13)21-18(19)17-14-7-2-4-9-16(14)23(20(17)25)12-22-10-5-11-22/h1-8,26H,9-13H2;1-4,6-9,25H,5,10-12H2. The highest BCUT2D eigenvalue weighted by Crippen LogP contribution is 2.39. The number of aliphatic imine (C=N–C) groups is 2. The molecule has 0 atom stereocenters. The Morgan fingerprint density at radius 1 is 0.558 bits per heavy atom. The first-order chi connectivity index (χ1) is 25.5. The number of Topliss-reactive ketones (excluding diaryl/α,β-unsaturated/α-hetero) is 2. The van der Waals surface area contributed by atoms with Crippen LogP contribution in [0.15, 0.2) is 107 Å². The van der Waals surface area contributed by atoms with E-state index < -0.39 is 0 Å². The molecule has 4 aliphatic rings. The zero-order valence-corrected chi connectivity index (χ0v) is 28.4. The van der Waals surface area contributed by atoms with Crippen molar-refractivity contribution in [3.8, 4) is 11.8 Å². The van der Waals surface area contributed by atoms with Gasteiger partial charge in [0, 0.05) is 48.1 Å². The zero-order chi connectivity index (χ0) is 35.3. The molecule has 0 unspecified atom stereocenters. The molecule has 11 nitrogen and oxygen atoms in total. The summed E-state index contributed by atoms with van der Waals surface area (Å²) in [6.07, 6.45) is 1.19. The number of carbonyl (C=O) groups is 2. The predicted molar refractivity (Wildman–Crippen MR) is 200 cm³/mol. The molecule has 6 aromatic rings. The van der Waals surface area contributed by atoms with E-state index in [9.17, 15) is 19.8 Å². The monoisotopic (exact) mass is 692 g/mol. The van der Waals surface area contributed by atoms with Crippen molar-refractivity contribution in [1.29, 1.82) is 0 Å². The van der Waals surface area contributed by atoms with Gasteiger partial charge in [0.1, 0.15) is 11.4 Å². The summed E-state index contributed by atoms with van der Waals surface area (Å²) >= 11 is 0. The maximum Gasteiger partial charge on any atom is 0.214 e. The summed E-state index contributed by atoms with van der Waals surface area (Å²) in [4.78, 5) is 39.3. The van der Waals surface area contributed by atoms with Gasteiger partial charge in [-0.15, -0.1) is 0 Å². The van der Waals surface area contributed by atoms with Crippen LogP contribution in [0.3, 0.4) is 0 Å². The molecule has 0 spiro atoms. The summed E-state index contributed by atoms with van der Waals surface area (Å²) < 4.78 is 9.15. The number of aromatic nitrogens is 2. The van der Waals surface area contributed by atoms with Gasteiger partial charge in [-0.1, -0.05) is 60.7 Å². The van der Waals surface area contributed by atoms with Crippen molar-refractivity contribution >= 4 is 56.2 Å². The van der Waals surface area contributed by atoms with Crippen molar-refractivity contribution in [2.75, 3.05) is 39.4 Å². The Morgan fingerprint density at radius 3 is 1.42 bits per heavy atom. The number of fused-ring (bicyclic) bond motifs is 4. The number of para-hydroxylation sites is 4. The van der Waals surface area contributed by atoms with Crippen LogP contribution in [0.4, 0.5) is 11.4 Å². The third-order valence-electron chi connectivity index (χ3n) is 10.3. The largest absolute Gasteiger partial charge is 0.494 e. The topological polar surface area (TPSA) is 125 Å². The zero-order valence-electron chi connectivity index (χ0n) is 28.4. The molecule has 0 saturated carbocycles. The summed E-state index contributed by atoms with van der Waals surface area (Å²) in [6, 6.07) is 30.1. The number of ketones is 2. The molecule has 52 heavy (non-hydrogen) atoms. The van der Waals surface area contributed by atoms with Gasteiger partial charge in [0.05, 0.1) is 60.1 Å². The van der Waals surface area contributed by atoms with Gasteiger partial charge in [-0.2, -0.15) is 0 Å². The number of benzene rings is 4. The number of carbonyl (C=O) groups excluding carboxylic acids is 2. The van der Waals surface area contributed by atoms with Crippen molar-refractivity contribution in [2.45, 2.75) is 19.8 Å². The molecule has 2 aromatic heterocycles. The average Bonchev–Trinajstić information content (AvgIpc) is 3.84. The van der Waals surface area contributed by atoms with E-state index in [1.807, 2.05) is 94.1 Å². The maximum atomic E-state index is 12.9. The molecular weight excluding hydrogens is 656 g/mol. The molecular formula is C41H36N6O5. The Kier molecular flexibility index (Phi) is 8.03. The summed E-state index contributed by atoms with van der Waals surface area (Å²) in [5.74, 6) is -0.0662. The van der Waals surface area contributed by atoms with Crippen LogP contribution < -0.4 is 0 Å². The minimum Gasteiger partial charge on any atom is -0.494 e. The van der Waals surface area contributed by atoms with E-state index in [1.54, 1.807) is 12.1 Å². The van der Waals surface area contributed by atoms with Crippen LogP contribution >= 0.6 is 0 Å². The quantitative estimate of drug-likeness (QED) is 0.211. The van der Waals surface area contributed by atoms with Gasteiger partial charge in [0.15, 0.2) is 0 Å². The molecule has 0 amide bonds. The third kappa shape index (κ3) is 5.32. The van der Waals surface area contributed by atoms with Crippen LogP contribution in [-0.2, 0) is 18.1 Å². The number of likely N-dealkylation sites (tertiary alicyclic amines) is 1. The second-order valence-corrected chi connectivity index (χ2v) is 13.4. The lowest BCUT2D eigenvalue weighted by Gasteiger charge is -2.31. The number of nitrogens with zero attached hydrogens (tertiary/aromatic N) is 6. The normalized spacial score (nSPS) is 17.1. The first-order valence-corrected chi connectivity index (χ1v) is 17.6. The lowest BCUT2D eigenvalue weighted by Crippen LogP contribution is -2.38. The highest BCUT2D eigenvalue weighted by molar-refractivity contribution is 6.57. The SMILES string of the molecule is O=C1C(c2c(O)n(CN3CCC3)c3ccccc23)=Nc2ccccc21.O=C1C(c2c(O)n(CN3CCOCC3)c3ccccc23)=Nc2ccccc21. The average molecular weight is 693 g/mol. The molecule has 260 valence electrons. The van der Waals surface area contributed by atoms with E-state index in [0.717, 1.165) is 48.0 Å². The van der Waals surface area contributed by atoms with E-state index in [2.05, 4.69) is 19.8 Å². The molecule has 2 N–H and O–H groups in total. The van der Waals surface area contributed by atoms with E-state index in [4.69, 9.17) is 4.74 Å². The molecule has 6 heterocycles. The second-order valence-electron chi connectivity index (χ2n) is 13.4. The van der Waals surface area contributed by atoms with Crippen molar-refractivity contribution in [3.63, 3.8) is 0 Å².